The van der Waals surface area contributed by atoms with Gasteiger partial charge in [0.2, 0.25) is 0 Å². The van der Waals surface area contributed by atoms with Crippen LogP contribution in [0.2, 0.25) is 0 Å². The quantitative estimate of drug-likeness (QED) is 0.232. The van der Waals surface area contributed by atoms with Gasteiger partial charge in [0.25, 0.3) is 0 Å². The molecule has 1 saturated carbocycles. The summed E-state index contributed by atoms with van der Waals surface area (Å²) in [6.45, 7) is 13.7. The Morgan fingerprint density at radius 2 is 1.30 bits per heavy atom. The van der Waals surface area contributed by atoms with Gasteiger partial charge in [0, 0.05) is 5.41 Å². The van der Waals surface area contributed by atoms with Crippen molar-refractivity contribution in [3.63, 3.8) is 0 Å². The van der Waals surface area contributed by atoms with E-state index in [4.69, 9.17) is 4.74 Å². The molecule has 3 aromatic carbocycles. The van der Waals surface area contributed by atoms with Gasteiger partial charge in [-0.05, 0) is 114 Å². The Labute approximate surface area is 241 Å². The molecule has 0 bridgehead atoms. The van der Waals surface area contributed by atoms with E-state index in [1.54, 1.807) is 0 Å². The van der Waals surface area contributed by atoms with E-state index in [1.807, 2.05) is 31.2 Å². The molecule has 4 rings (SSSR count). The third kappa shape index (κ3) is 6.45. The Balaban J connectivity index is 1.63. The maximum atomic E-state index is 15.7. The zero-order valence-electron chi connectivity index (χ0n) is 25.5. The highest BCUT2D eigenvalue weighted by molar-refractivity contribution is 5.75. The van der Waals surface area contributed by atoms with Gasteiger partial charge in [-0.3, -0.25) is 0 Å². The number of ether oxygens (including phenoxy) is 1. The molecule has 40 heavy (non-hydrogen) atoms. The molecule has 216 valence electrons. The molecule has 0 aliphatic heterocycles. The molecule has 3 heteroatoms. The van der Waals surface area contributed by atoms with E-state index in [0.29, 0.717) is 30.1 Å². The van der Waals surface area contributed by atoms with Crippen LogP contribution in [0.15, 0.2) is 48.5 Å². The van der Waals surface area contributed by atoms with Crippen molar-refractivity contribution < 1.29 is 13.5 Å². The van der Waals surface area contributed by atoms with Gasteiger partial charge in [-0.2, -0.15) is 0 Å². The van der Waals surface area contributed by atoms with Crippen LogP contribution in [0.25, 0.3) is 22.3 Å². The van der Waals surface area contributed by atoms with Crippen LogP contribution >= 0.6 is 0 Å². The lowest BCUT2D eigenvalue weighted by atomic mass is 9.79. The summed E-state index contributed by atoms with van der Waals surface area (Å²) in [5, 5.41) is 0. The SMILES string of the molecule is CCc1cc(-c2c(F)cc(-c3ccc(C4CCC(C)CC4)cc3)cc2F)c(CC)cc1OCC(CC)(CC)CC. The first-order chi connectivity index (χ1) is 19.3. The number of benzene rings is 3. The highest BCUT2D eigenvalue weighted by Crippen LogP contribution is 2.39. The normalized spacial score (nSPS) is 17.7. The van der Waals surface area contributed by atoms with E-state index >= 15 is 8.78 Å². The average Bonchev–Trinajstić information content (AvgIpc) is 2.98. The van der Waals surface area contributed by atoms with Crippen LogP contribution in [0, 0.1) is 23.0 Å². The Morgan fingerprint density at radius 1 is 0.725 bits per heavy atom. The van der Waals surface area contributed by atoms with Crippen molar-refractivity contribution in [1.82, 2.24) is 0 Å². The molecule has 0 amide bonds. The van der Waals surface area contributed by atoms with E-state index in [-0.39, 0.29) is 11.0 Å². The zero-order chi connectivity index (χ0) is 28.9. The van der Waals surface area contributed by atoms with Crippen LogP contribution in [-0.4, -0.2) is 6.61 Å². The fourth-order valence-electron chi connectivity index (χ4n) is 6.43. The van der Waals surface area contributed by atoms with Gasteiger partial charge in [0.15, 0.2) is 0 Å². The highest BCUT2D eigenvalue weighted by Gasteiger charge is 2.26. The molecule has 0 spiro atoms. The predicted molar refractivity (Wildman–Crippen MR) is 165 cm³/mol. The first kappa shape index (κ1) is 30.3. The molecule has 0 saturated heterocycles. The summed E-state index contributed by atoms with van der Waals surface area (Å²) in [5.41, 5.74) is 5.48. The minimum absolute atomic E-state index is 0.0554. The molecule has 0 unspecified atom stereocenters. The minimum Gasteiger partial charge on any atom is -0.493 e. The van der Waals surface area contributed by atoms with Crippen LogP contribution < -0.4 is 4.74 Å². The van der Waals surface area contributed by atoms with Crippen molar-refractivity contribution in [3.8, 4) is 28.0 Å². The zero-order valence-corrected chi connectivity index (χ0v) is 25.5. The van der Waals surface area contributed by atoms with Crippen LogP contribution in [-0.2, 0) is 12.8 Å². The van der Waals surface area contributed by atoms with Gasteiger partial charge in [0.05, 0.1) is 12.2 Å². The van der Waals surface area contributed by atoms with Gasteiger partial charge in [-0.25, -0.2) is 8.78 Å². The van der Waals surface area contributed by atoms with E-state index in [0.717, 1.165) is 54.0 Å². The van der Waals surface area contributed by atoms with Crippen molar-refractivity contribution >= 4 is 0 Å². The molecule has 1 fully saturated rings. The second-order valence-electron chi connectivity index (χ2n) is 12.1. The van der Waals surface area contributed by atoms with Crippen LogP contribution in [0.3, 0.4) is 0 Å². The third-order valence-electron chi connectivity index (χ3n) is 9.87. The number of rotatable bonds is 11. The predicted octanol–water partition coefficient (Wildman–Crippen LogP) is 11.3. The Kier molecular flexibility index (Phi) is 10.1. The van der Waals surface area contributed by atoms with E-state index in [2.05, 4.69) is 46.8 Å². The monoisotopic (exact) mass is 546 g/mol. The molecule has 1 aliphatic rings. The molecular formula is C37H48F2O. The first-order valence-electron chi connectivity index (χ1n) is 15.7. The largest absolute Gasteiger partial charge is 0.493 e. The van der Waals surface area contributed by atoms with Gasteiger partial charge >= 0.3 is 0 Å². The maximum Gasteiger partial charge on any atom is 0.134 e. The van der Waals surface area contributed by atoms with Crippen molar-refractivity contribution in [2.45, 2.75) is 105 Å². The fourth-order valence-corrected chi connectivity index (χ4v) is 6.43. The molecule has 1 aliphatic carbocycles. The van der Waals surface area contributed by atoms with Gasteiger partial charge in [-0.15, -0.1) is 0 Å². The van der Waals surface area contributed by atoms with E-state index in [9.17, 15) is 0 Å². The minimum atomic E-state index is -0.521. The second kappa shape index (κ2) is 13.3. The summed E-state index contributed by atoms with van der Waals surface area (Å²) < 4.78 is 37.8. The highest BCUT2D eigenvalue weighted by atomic mass is 19.1. The smallest absolute Gasteiger partial charge is 0.134 e. The summed E-state index contributed by atoms with van der Waals surface area (Å²) in [5.74, 6) is 1.21. The lowest BCUT2D eigenvalue weighted by Crippen LogP contribution is -2.26. The molecule has 0 atom stereocenters. The summed E-state index contributed by atoms with van der Waals surface area (Å²) in [6, 6.07) is 15.3. The molecule has 0 radical (unpaired) electrons. The topological polar surface area (TPSA) is 9.23 Å². The van der Waals surface area contributed by atoms with Crippen LogP contribution in [0.1, 0.15) is 109 Å². The van der Waals surface area contributed by atoms with Crippen molar-refractivity contribution in [1.29, 1.82) is 0 Å². The summed E-state index contributed by atoms with van der Waals surface area (Å²) >= 11 is 0. The Hall–Kier alpha value is -2.68. The van der Waals surface area contributed by atoms with Gasteiger partial charge in [-0.1, -0.05) is 78.6 Å². The van der Waals surface area contributed by atoms with Gasteiger partial charge in [0.1, 0.15) is 17.4 Å². The van der Waals surface area contributed by atoms with E-state index < -0.39 is 11.6 Å². The lowest BCUT2D eigenvalue weighted by Gasteiger charge is -2.31. The fraction of sp³-hybridized carbons (Fsp3) is 0.514. The molecule has 0 heterocycles. The van der Waals surface area contributed by atoms with Crippen molar-refractivity contribution in [2.75, 3.05) is 6.61 Å². The van der Waals surface area contributed by atoms with Crippen LogP contribution in [0.5, 0.6) is 5.75 Å². The first-order valence-corrected chi connectivity index (χ1v) is 15.7. The maximum absolute atomic E-state index is 15.7. The number of hydrogen-bond donors (Lipinski definition) is 0. The lowest BCUT2D eigenvalue weighted by molar-refractivity contribution is 0.127. The van der Waals surface area contributed by atoms with Gasteiger partial charge < -0.3 is 4.74 Å². The molecule has 1 nitrogen and oxygen atoms in total. The molecule has 3 aromatic rings. The van der Waals surface area contributed by atoms with E-state index in [1.165, 1.54) is 43.4 Å². The summed E-state index contributed by atoms with van der Waals surface area (Å²) in [7, 11) is 0. The Bertz CT molecular complexity index is 1230. The molecule has 0 N–H and O–H groups in total. The number of hydrogen-bond acceptors (Lipinski definition) is 1. The molecular weight excluding hydrogens is 498 g/mol. The second-order valence-corrected chi connectivity index (χ2v) is 12.1. The number of halogens is 2. The standard InChI is InChI=1S/C37H48F2O/c1-7-26-23-35(40-24-37(9-3,10-4)11-5)27(8-2)20-32(26)36-33(38)21-31(22-34(36)39)30-18-16-29(17-19-30)28-14-12-25(6)13-15-28/h16-23,25,28H,7-15,24H2,1-6H3. The third-order valence-corrected chi connectivity index (χ3v) is 9.87. The average molecular weight is 547 g/mol. The molecule has 0 aromatic heterocycles. The van der Waals surface area contributed by atoms with Crippen molar-refractivity contribution in [2.24, 2.45) is 11.3 Å². The van der Waals surface area contributed by atoms with Crippen molar-refractivity contribution in [3.05, 3.63) is 76.9 Å². The summed E-state index contributed by atoms with van der Waals surface area (Å²) in [6.07, 6.45) is 9.57. The number of aryl methyl sites for hydroxylation is 2. The van der Waals surface area contributed by atoms with Crippen LogP contribution in [0.4, 0.5) is 8.78 Å². The Morgan fingerprint density at radius 3 is 1.82 bits per heavy atom. The summed E-state index contributed by atoms with van der Waals surface area (Å²) in [4.78, 5) is 0.